The van der Waals surface area contributed by atoms with Crippen LogP contribution in [0, 0.1) is 11.6 Å². The zero-order valence-electron chi connectivity index (χ0n) is 11.1. The monoisotopic (exact) mass is 278 g/mol. The van der Waals surface area contributed by atoms with Gasteiger partial charge in [-0.2, -0.15) is 0 Å². The summed E-state index contributed by atoms with van der Waals surface area (Å²) >= 11 is 0. The van der Waals surface area contributed by atoms with Gasteiger partial charge in [-0.15, -0.1) is 0 Å². The van der Waals surface area contributed by atoms with Crippen molar-refractivity contribution in [2.75, 3.05) is 7.11 Å². The Kier molecular flexibility index (Phi) is 4.82. The van der Waals surface area contributed by atoms with Gasteiger partial charge in [-0.05, 0) is 28.8 Å². The molecular weight excluding hydrogens is 262 g/mol. The lowest BCUT2D eigenvalue weighted by Gasteiger charge is -2.15. The molecule has 0 aliphatic heterocycles. The summed E-state index contributed by atoms with van der Waals surface area (Å²) in [5, 5.41) is 10.3. The number of methoxy groups -OCH3 is 1. The van der Waals surface area contributed by atoms with Gasteiger partial charge in [0.15, 0.2) is 0 Å². The number of rotatable bonds is 5. The third kappa shape index (κ3) is 3.62. The second-order valence-corrected chi connectivity index (χ2v) is 4.63. The lowest BCUT2D eigenvalue weighted by Crippen LogP contribution is -2.06. The molecule has 0 fully saturated rings. The van der Waals surface area contributed by atoms with Crippen LogP contribution in [0.5, 0.6) is 0 Å². The number of halogens is 2. The van der Waals surface area contributed by atoms with Crippen LogP contribution in [0.15, 0.2) is 42.5 Å². The van der Waals surface area contributed by atoms with E-state index in [0.717, 1.165) is 11.6 Å². The molecule has 20 heavy (non-hydrogen) atoms. The van der Waals surface area contributed by atoms with E-state index < -0.39 is 17.7 Å². The molecule has 4 heteroatoms. The van der Waals surface area contributed by atoms with Gasteiger partial charge in [-0.25, -0.2) is 8.78 Å². The third-order valence-electron chi connectivity index (χ3n) is 3.07. The van der Waals surface area contributed by atoms with E-state index in [2.05, 4.69) is 0 Å². The first kappa shape index (κ1) is 14.6. The molecule has 0 radical (unpaired) electrons. The predicted octanol–water partition coefficient (Wildman–Crippen LogP) is 3.39. The van der Waals surface area contributed by atoms with Crippen LogP contribution < -0.4 is 0 Å². The molecule has 2 rings (SSSR count). The Hall–Kier alpha value is -1.78. The molecule has 0 aliphatic carbocycles. The Morgan fingerprint density at radius 2 is 1.75 bits per heavy atom. The summed E-state index contributed by atoms with van der Waals surface area (Å²) in [6.45, 7) is 0.380. The van der Waals surface area contributed by atoms with Crippen molar-refractivity contribution in [1.29, 1.82) is 0 Å². The summed E-state index contributed by atoms with van der Waals surface area (Å²) in [5.74, 6) is -1.28. The first-order valence-corrected chi connectivity index (χ1v) is 6.30. The topological polar surface area (TPSA) is 29.5 Å². The normalized spacial score (nSPS) is 12.4. The van der Waals surface area contributed by atoms with E-state index >= 15 is 0 Å². The number of hydrogen-bond donors (Lipinski definition) is 1. The number of aliphatic hydroxyl groups is 1. The van der Waals surface area contributed by atoms with Crippen LogP contribution in [0.4, 0.5) is 8.78 Å². The molecule has 0 saturated carbocycles. The van der Waals surface area contributed by atoms with Gasteiger partial charge in [-0.3, -0.25) is 0 Å². The number of ether oxygens (including phenoxy) is 1. The van der Waals surface area contributed by atoms with Gasteiger partial charge in [-0.1, -0.05) is 24.3 Å². The molecule has 1 N–H and O–H groups in total. The van der Waals surface area contributed by atoms with E-state index in [1.165, 1.54) is 12.1 Å². The SMILES string of the molecule is COCc1ccccc1C(O)Cc1cc(F)cc(F)c1. The predicted molar refractivity (Wildman–Crippen MR) is 72.2 cm³/mol. The molecule has 0 spiro atoms. The minimum absolute atomic E-state index is 0.148. The minimum Gasteiger partial charge on any atom is -0.388 e. The van der Waals surface area contributed by atoms with Crippen LogP contribution in [-0.2, 0) is 17.8 Å². The summed E-state index contributed by atoms with van der Waals surface area (Å²) in [4.78, 5) is 0. The maximum Gasteiger partial charge on any atom is 0.126 e. The van der Waals surface area contributed by atoms with E-state index in [-0.39, 0.29) is 6.42 Å². The van der Waals surface area contributed by atoms with E-state index in [0.29, 0.717) is 17.7 Å². The first-order chi connectivity index (χ1) is 9.60. The lowest BCUT2D eigenvalue weighted by molar-refractivity contribution is 0.161. The summed E-state index contributed by atoms with van der Waals surface area (Å²) in [6.07, 6.45) is -0.683. The molecule has 1 unspecified atom stereocenters. The number of hydrogen-bond acceptors (Lipinski definition) is 2. The fourth-order valence-electron chi connectivity index (χ4n) is 2.21. The molecule has 2 nitrogen and oxygen atoms in total. The van der Waals surface area contributed by atoms with Gasteiger partial charge in [0, 0.05) is 19.6 Å². The van der Waals surface area contributed by atoms with E-state index in [1.54, 1.807) is 13.2 Å². The quantitative estimate of drug-likeness (QED) is 0.908. The molecule has 0 saturated heterocycles. The Morgan fingerprint density at radius 1 is 1.10 bits per heavy atom. The molecule has 0 aromatic heterocycles. The van der Waals surface area contributed by atoms with Crippen molar-refractivity contribution in [3.05, 3.63) is 70.8 Å². The fourth-order valence-corrected chi connectivity index (χ4v) is 2.21. The third-order valence-corrected chi connectivity index (χ3v) is 3.07. The molecule has 1 atom stereocenters. The average molecular weight is 278 g/mol. The highest BCUT2D eigenvalue weighted by Crippen LogP contribution is 2.23. The van der Waals surface area contributed by atoms with Crippen molar-refractivity contribution in [2.45, 2.75) is 19.1 Å². The van der Waals surface area contributed by atoms with Gasteiger partial charge in [0.2, 0.25) is 0 Å². The summed E-state index contributed by atoms with van der Waals surface area (Å²) < 4.78 is 31.4. The van der Waals surface area contributed by atoms with Gasteiger partial charge < -0.3 is 9.84 Å². The Bertz CT molecular complexity index is 564. The van der Waals surface area contributed by atoms with Gasteiger partial charge in [0.25, 0.3) is 0 Å². The van der Waals surface area contributed by atoms with Crippen molar-refractivity contribution in [3.63, 3.8) is 0 Å². The number of benzene rings is 2. The largest absolute Gasteiger partial charge is 0.388 e. The smallest absolute Gasteiger partial charge is 0.126 e. The molecule has 0 heterocycles. The summed E-state index contributed by atoms with van der Waals surface area (Å²) in [7, 11) is 1.57. The number of aliphatic hydroxyl groups excluding tert-OH is 1. The molecule has 0 amide bonds. The fraction of sp³-hybridized carbons (Fsp3) is 0.250. The van der Waals surface area contributed by atoms with Crippen molar-refractivity contribution in [1.82, 2.24) is 0 Å². The lowest BCUT2D eigenvalue weighted by atomic mass is 9.97. The molecule has 0 bridgehead atoms. The molecule has 2 aromatic rings. The van der Waals surface area contributed by atoms with Gasteiger partial charge in [0.1, 0.15) is 11.6 Å². The highest BCUT2D eigenvalue weighted by molar-refractivity contribution is 5.30. The second-order valence-electron chi connectivity index (χ2n) is 4.63. The zero-order chi connectivity index (χ0) is 14.5. The maximum atomic E-state index is 13.1. The van der Waals surface area contributed by atoms with Crippen LogP contribution in [0.25, 0.3) is 0 Å². The first-order valence-electron chi connectivity index (χ1n) is 6.30. The molecule has 0 aliphatic rings. The molecule has 106 valence electrons. The van der Waals surface area contributed by atoms with Gasteiger partial charge in [0.05, 0.1) is 12.7 Å². The minimum atomic E-state index is -0.831. The average Bonchev–Trinajstić information content (AvgIpc) is 2.38. The highest BCUT2D eigenvalue weighted by atomic mass is 19.1. The van der Waals surface area contributed by atoms with E-state index in [4.69, 9.17) is 4.74 Å². The van der Waals surface area contributed by atoms with Crippen LogP contribution in [0.2, 0.25) is 0 Å². The van der Waals surface area contributed by atoms with Crippen molar-refractivity contribution >= 4 is 0 Å². The summed E-state index contributed by atoms with van der Waals surface area (Å²) in [6, 6.07) is 10.6. The van der Waals surface area contributed by atoms with Crippen molar-refractivity contribution in [2.24, 2.45) is 0 Å². The van der Waals surface area contributed by atoms with Gasteiger partial charge >= 0.3 is 0 Å². The van der Waals surface area contributed by atoms with Crippen LogP contribution >= 0.6 is 0 Å². The molecular formula is C16H16F2O2. The van der Waals surface area contributed by atoms with E-state index in [9.17, 15) is 13.9 Å². The van der Waals surface area contributed by atoms with Crippen LogP contribution in [0.3, 0.4) is 0 Å². The van der Waals surface area contributed by atoms with Crippen molar-refractivity contribution < 1.29 is 18.6 Å². The second kappa shape index (κ2) is 6.59. The molecule has 2 aromatic carbocycles. The Labute approximate surface area is 116 Å². The maximum absolute atomic E-state index is 13.1. The van der Waals surface area contributed by atoms with Crippen LogP contribution in [-0.4, -0.2) is 12.2 Å². The van der Waals surface area contributed by atoms with Crippen molar-refractivity contribution in [3.8, 4) is 0 Å². The Morgan fingerprint density at radius 3 is 2.40 bits per heavy atom. The zero-order valence-corrected chi connectivity index (χ0v) is 11.1. The summed E-state index contributed by atoms with van der Waals surface area (Å²) in [5.41, 5.74) is 1.99. The van der Waals surface area contributed by atoms with E-state index in [1.807, 2.05) is 18.2 Å². The Balaban J connectivity index is 2.21. The van der Waals surface area contributed by atoms with Crippen LogP contribution in [0.1, 0.15) is 22.8 Å². The standard InChI is InChI=1S/C16H16F2O2/c1-20-10-12-4-2-3-5-15(12)16(19)8-11-6-13(17)9-14(18)7-11/h2-7,9,16,19H,8,10H2,1H3. The highest BCUT2D eigenvalue weighted by Gasteiger charge is 2.13.